The van der Waals surface area contributed by atoms with Gasteiger partial charge in [-0.05, 0) is 29.7 Å². The molecule has 1 amide bonds. The van der Waals surface area contributed by atoms with Crippen LogP contribution < -0.4 is 5.32 Å². The molecular formula is C31H24N4OS. The Kier molecular flexibility index (Phi) is 6.23. The van der Waals surface area contributed by atoms with E-state index in [0.717, 1.165) is 58.7 Å². The number of fused-ring (bicyclic) bond motifs is 2. The van der Waals surface area contributed by atoms with Gasteiger partial charge in [0, 0.05) is 35.5 Å². The third kappa shape index (κ3) is 4.63. The van der Waals surface area contributed by atoms with Gasteiger partial charge in [-0.15, -0.1) is 11.3 Å². The van der Waals surface area contributed by atoms with E-state index in [4.69, 9.17) is 4.98 Å². The minimum atomic E-state index is -0.230. The van der Waals surface area contributed by atoms with E-state index in [1.54, 1.807) is 0 Å². The van der Waals surface area contributed by atoms with Gasteiger partial charge >= 0.3 is 0 Å². The third-order valence-corrected chi connectivity index (χ3v) is 7.89. The van der Waals surface area contributed by atoms with Crippen LogP contribution >= 0.6 is 11.3 Å². The average Bonchev–Trinajstić information content (AvgIpc) is 3.29. The highest BCUT2D eigenvalue weighted by molar-refractivity contribution is 7.16. The topological polar surface area (TPSA) is 69.0 Å². The molecule has 180 valence electrons. The van der Waals surface area contributed by atoms with Crippen molar-refractivity contribution in [2.24, 2.45) is 0 Å². The third-order valence-electron chi connectivity index (χ3n) is 6.75. The molecule has 0 spiro atoms. The van der Waals surface area contributed by atoms with Gasteiger partial charge in [0.1, 0.15) is 11.1 Å². The predicted molar refractivity (Wildman–Crippen MR) is 148 cm³/mol. The van der Waals surface area contributed by atoms with Crippen LogP contribution in [0.2, 0.25) is 0 Å². The highest BCUT2D eigenvalue weighted by Crippen LogP contribution is 2.37. The van der Waals surface area contributed by atoms with Gasteiger partial charge in [-0.25, -0.2) is 4.98 Å². The van der Waals surface area contributed by atoms with Crippen LogP contribution in [0.4, 0.5) is 5.00 Å². The summed E-state index contributed by atoms with van der Waals surface area (Å²) in [7, 11) is 0. The predicted octanol–water partition coefficient (Wildman–Crippen LogP) is 6.65. The van der Waals surface area contributed by atoms with Crippen molar-refractivity contribution in [1.82, 2.24) is 9.88 Å². The number of carbonyl (C=O) groups is 1. The van der Waals surface area contributed by atoms with Crippen LogP contribution in [0.25, 0.3) is 22.2 Å². The van der Waals surface area contributed by atoms with Gasteiger partial charge < -0.3 is 5.32 Å². The first-order valence-electron chi connectivity index (χ1n) is 12.3. The Morgan fingerprint density at radius 1 is 1.00 bits per heavy atom. The van der Waals surface area contributed by atoms with E-state index in [-0.39, 0.29) is 5.91 Å². The number of aromatic nitrogens is 1. The van der Waals surface area contributed by atoms with Gasteiger partial charge in [0.05, 0.1) is 22.3 Å². The normalized spacial score (nSPS) is 13.2. The molecule has 0 radical (unpaired) electrons. The minimum Gasteiger partial charge on any atom is -0.312 e. The van der Waals surface area contributed by atoms with Gasteiger partial charge in [0.25, 0.3) is 5.91 Å². The molecule has 1 N–H and O–H groups in total. The molecule has 0 unspecified atom stereocenters. The Hall–Kier alpha value is -4.31. The maximum Gasteiger partial charge on any atom is 0.257 e. The number of rotatable bonds is 5. The number of para-hydroxylation sites is 1. The molecule has 3 heterocycles. The monoisotopic (exact) mass is 500 g/mol. The summed E-state index contributed by atoms with van der Waals surface area (Å²) in [5.41, 5.74) is 5.93. The van der Waals surface area contributed by atoms with Crippen molar-refractivity contribution >= 4 is 33.1 Å². The van der Waals surface area contributed by atoms with Crippen molar-refractivity contribution < 1.29 is 4.79 Å². The second kappa shape index (κ2) is 9.98. The number of nitriles is 1. The SMILES string of the molecule is N#Cc1c(NC(=O)c2cc(-c3ccccc3)nc3ccccc23)sc2c1CCN(Cc1ccccc1)C2. The number of amides is 1. The Morgan fingerprint density at radius 3 is 2.51 bits per heavy atom. The van der Waals surface area contributed by atoms with Gasteiger partial charge in [0.2, 0.25) is 0 Å². The van der Waals surface area contributed by atoms with Crippen LogP contribution in [-0.2, 0) is 19.5 Å². The van der Waals surface area contributed by atoms with E-state index in [0.29, 0.717) is 16.1 Å². The van der Waals surface area contributed by atoms with E-state index in [2.05, 4.69) is 40.6 Å². The molecule has 1 aliphatic rings. The fourth-order valence-electron chi connectivity index (χ4n) is 4.93. The van der Waals surface area contributed by atoms with E-state index in [1.165, 1.54) is 16.9 Å². The first kappa shape index (κ1) is 23.1. The molecule has 0 saturated carbocycles. The molecule has 6 heteroatoms. The molecule has 5 nitrogen and oxygen atoms in total. The molecular weight excluding hydrogens is 476 g/mol. The Balaban J connectivity index is 1.31. The fraction of sp³-hybridized carbons (Fsp3) is 0.129. The van der Waals surface area contributed by atoms with Crippen LogP contribution in [-0.4, -0.2) is 22.3 Å². The number of anilines is 1. The highest BCUT2D eigenvalue weighted by atomic mass is 32.1. The fourth-order valence-corrected chi connectivity index (χ4v) is 6.17. The second-order valence-electron chi connectivity index (χ2n) is 9.16. The van der Waals surface area contributed by atoms with Crippen LogP contribution in [0.3, 0.4) is 0 Å². The van der Waals surface area contributed by atoms with E-state index >= 15 is 0 Å². The summed E-state index contributed by atoms with van der Waals surface area (Å²) in [6, 6.07) is 32.2. The lowest BCUT2D eigenvalue weighted by atomic mass is 10.0. The summed E-state index contributed by atoms with van der Waals surface area (Å²) >= 11 is 1.52. The molecule has 2 aromatic heterocycles. The van der Waals surface area contributed by atoms with Crippen molar-refractivity contribution in [3.8, 4) is 17.3 Å². The number of nitrogens with zero attached hydrogens (tertiary/aromatic N) is 3. The number of nitrogens with one attached hydrogen (secondary N) is 1. The smallest absolute Gasteiger partial charge is 0.257 e. The van der Waals surface area contributed by atoms with E-state index < -0.39 is 0 Å². The van der Waals surface area contributed by atoms with E-state index in [9.17, 15) is 10.1 Å². The summed E-state index contributed by atoms with van der Waals surface area (Å²) in [6.45, 7) is 2.53. The molecule has 3 aromatic carbocycles. The summed E-state index contributed by atoms with van der Waals surface area (Å²) in [5, 5.41) is 14.5. The zero-order chi connectivity index (χ0) is 25.2. The number of pyridine rings is 1. The maximum atomic E-state index is 13.6. The van der Waals surface area contributed by atoms with Gasteiger partial charge in [0.15, 0.2) is 0 Å². The van der Waals surface area contributed by atoms with E-state index in [1.807, 2.05) is 66.7 Å². The molecule has 0 bridgehead atoms. The Morgan fingerprint density at radius 2 is 1.73 bits per heavy atom. The zero-order valence-electron chi connectivity index (χ0n) is 20.1. The lowest BCUT2D eigenvalue weighted by molar-refractivity contribution is 0.102. The molecule has 37 heavy (non-hydrogen) atoms. The van der Waals surface area contributed by atoms with Crippen LogP contribution in [0, 0.1) is 11.3 Å². The number of hydrogen-bond acceptors (Lipinski definition) is 5. The summed E-state index contributed by atoms with van der Waals surface area (Å²) in [6.07, 6.45) is 0.799. The van der Waals surface area contributed by atoms with Crippen molar-refractivity contribution in [2.75, 3.05) is 11.9 Å². The Labute approximate surface area is 219 Å². The summed E-state index contributed by atoms with van der Waals surface area (Å²) in [5.74, 6) is -0.230. The van der Waals surface area contributed by atoms with Gasteiger partial charge in [-0.3, -0.25) is 9.69 Å². The minimum absolute atomic E-state index is 0.230. The molecule has 0 saturated heterocycles. The highest BCUT2D eigenvalue weighted by Gasteiger charge is 2.26. The number of thiophene rings is 1. The quantitative estimate of drug-likeness (QED) is 0.293. The molecule has 1 aliphatic heterocycles. The number of hydrogen-bond donors (Lipinski definition) is 1. The standard InChI is InChI=1S/C31H24N4OS/c32-18-26-24-15-16-35(19-21-9-3-1-4-10-21)20-29(24)37-31(26)34-30(36)25-17-28(22-11-5-2-6-12-22)33-27-14-8-7-13-23(25)27/h1-14,17H,15-16,19-20H2,(H,34,36). The zero-order valence-corrected chi connectivity index (χ0v) is 21.0. The Bertz CT molecular complexity index is 1640. The van der Waals surface area contributed by atoms with Crippen molar-refractivity contribution in [3.63, 3.8) is 0 Å². The van der Waals surface area contributed by atoms with Gasteiger partial charge in [-0.1, -0.05) is 78.9 Å². The van der Waals surface area contributed by atoms with Gasteiger partial charge in [-0.2, -0.15) is 5.26 Å². The molecule has 0 atom stereocenters. The van der Waals surface area contributed by atoms with Crippen LogP contribution in [0.1, 0.15) is 31.9 Å². The largest absolute Gasteiger partial charge is 0.312 e. The van der Waals surface area contributed by atoms with Crippen LogP contribution in [0.15, 0.2) is 91.0 Å². The van der Waals surface area contributed by atoms with Crippen molar-refractivity contribution in [2.45, 2.75) is 19.5 Å². The summed E-state index contributed by atoms with van der Waals surface area (Å²) in [4.78, 5) is 22.0. The maximum absolute atomic E-state index is 13.6. The molecule has 0 fully saturated rings. The number of carbonyl (C=O) groups excluding carboxylic acids is 1. The molecule has 5 aromatic rings. The van der Waals surface area contributed by atoms with Crippen molar-refractivity contribution in [1.29, 1.82) is 5.26 Å². The first-order chi connectivity index (χ1) is 18.2. The second-order valence-corrected chi connectivity index (χ2v) is 10.3. The summed E-state index contributed by atoms with van der Waals surface area (Å²) < 4.78 is 0. The lowest BCUT2D eigenvalue weighted by Crippen LogP contribution is -2.29. The molecule has 0 aliphatic carbocycles. The first-order valence-corrected chi connectivity index (χ1v) is 13.1. The number of benzene rings is 3. The van der Waals surface area contributed by atoms with Crippen LogP contribution in [0.5, 0.6) is 0 Å². The molecule has 6 rings (SSSR count). The average molecular weight is 501 g/mol. The van der Waals surface area contributed by atoms with Crippen molar-refractivity contribution in [3.05, 3.63) is 118 Å². The lowest BCUT2D eigenvalue weighted by Gasteiger charge is -2.26.